The van der Waals surface area contributed by atoms with Gasteiger partial charge in [0.15, 0.2) is 0 Å². The lowest BCUT2D eigenvalue weighted by Gasteiger charge is -2.30. The van der Waals surface area contributed by atoms with E-state index in [1.165, 1.54) is 25.7 Å². The maximum absolute atomic E-state index is 11.3. The van der Waals surface area contributed by atoms with Gasteiger partial charge in [-0.1, -0.05) is 25.7 Å². The van der Waals surface area contributed by atoms with E-state index in [2.05, 4.69) is 5.32 Å². The number of carboxylic acid groups (broad SMARTS) is 1. The maximum atomic E-state index is 11.3. The van der Waals surface area contributed by atoms with Gasteiger partial charge in [0, 0.05) is 6.04 Å². The predicted molar refractivity (Wildman–Crippen MR) is 58.8 cm³/mol. The molecule has 0 spiro atoms. The normalized spacial score (nSPS) is 26.5. The van der Waals surface area contributed by atoms with Gasteiger partial charge in [0.05, 0.1) is 0 Å². The standard InChI is InChI=1S/C12H21NO2/c1-12(11(14)15,8-9-6-7-9)13-10-4-2-3-5-10/h9-10,13H,2-8H2,1H3,(H,14,15). The summed E-state index contributed by atoms with van der Waals surface area (Å²) in [6.45, 7) is 1.85. The largest absolute Gasteiger partial charge is 0.480 e. The Balaban J connectivity index is 1.93. The molecule has 0 saturated heterocycles. The van der Waals surface area contributed by atoms with Crippen molar-refractivity contribution >= 4 is 5.97 Å². The summed E-state index contributed by atoms with van der Waals surface area (Å²) in [5.74, 6) is -0.0266. The van der Waals surface area contributed by atoms with E-state index in [0.29, 0.717) is 12.0 Å². The van der Waals surface area contributed by atoms with Gasteiger partial charge in [-0.05, 0) is 32.1 Å². The Hall–Kier alpha value is -0.570. The van der Waals surface area contributed by atoms with Crippen LogP contribution in [0.2, 0.25) is 0 Å². The highest BCUT2D eigenvalue weighted by Gasteiger charge is 2.40. The molecule has 2 fully saturated rings. The first kappa shape index (κ1) is 10.9. The van der Waals surface area contributed by atoms with Gasteiger partial charge in [-0.2, -0.15) is 0 Å². The van der Waals surface area contributed by atoms with Crippen molar-refractivity contribution in [3.05, 3.63) is 0 Å². The topological polar surface area (TPSA) is 49.3 Å². The molecule has 2 saturated carbocycles. The summed E-state index contributed by atoms with van der Waals surface area (Å²) < 4.78 is 0. The molecule has 2 N–H and O–H groups in total. The minimum absolute atomic E-state index is 0.435. The van der Waals surface area contributed by atoms with E-state index in [9.17, 15) is 9.90 Å². The van der Waals surface area contributed by atoms with E-state index in [4.69, 9.17) is 0 Å². The molecule has 0 aromatic rings. The molecule has 0 bridgehead atoms. The first-order chi connectivity index (χ1) is 7.10. The highest BCUT2D eigenvalue weighted by Crippen LogP contribution is 2.37. The van der Waals surface area contributed by atoms with Crippen molar-refractivity contribution in [3.8, 4) is 0 Å². The van der Waals surface area contributed by atoms with Gasteiger partial charge in [0.25, 0.3) is 0 Å². The van der Waals surface area contributed by atoms with E-state index >= 15 is 0 Å². The fourth-order valence-electron chi connectivity index (χ4n) is 2.63. The number of nitrogens with one attached hydrogen (secondary N) is 1. The molecule has 0 aromatic carbocycles. The summed E-state index contributed by atoms with van der Waals surface area (Å²) in [6, 6.07) is 0.435. The summed E-state index contributed by atoms with van der Waals surface area (Å²) in [6.07, 6.45) is 8.03. The molecule has 0 radical (unpaired) electrons. The molecule has 2 aliphatic rings. The number of hydrogen-bond acceptors (Lipinski definition) is 2. The minimum Gasteiger partial charge on any atom is -0.480 e. The quantitative estimate of drug-likeness (QED) is 0.732. The monoisotopic (exact) mass is 211 g/mol. The Morgan fingerprint density at radius 3 is 2.40 bits per heavy atom. The van der Waals surface area contributed by atoms with Gasteiger partial charge >= 0.3 is 5.97 Å². The fourth-order valence-corrected chi connectivity index (χ4v) is 2.63. The zero-order valence-corrected chi connectivity index (χ0v) is 9.46. The molecule has 0 heterocycles. The Morgan fingerprint density at radius 2 is 1.93 bits per heavy atom. The number of aliphatic carboxylic acids is 1. The van der Waals surface area contributed by atoms with Crippen LogP contribution in [0.5, 0.6) is 0 Å². The average Bonchev–Trinajstić information content (AvgIpc) is 2.80. The third kappa shape index (κ3) is 2.71. The summed E-state index contributed by atoms with van der Waals surface area (Å²) in [4.78, 5) is 11.3. The van der Waals surface area contributed by atoms with Gasteiger partial charge in [-0.15, -0.1) is 0 Å². The van der Waals surface area contributed by atoms with Crippen LogP contribution in [0.3, 0.4) is 0 Å². The van der Waals surface area contributed by atoms with E-state index in [0.717, 1.165) is 19.3 Å². The highest BCUT2D eigenvalue weighted by molar-refractivity contribution is 5.78. The van der Waals surface area contributed by atoms with Crippen molar-refractivity contribution in [1.82, 2.24) is 5.32 Å². The number of carbonyl (C=O) groups is 1. The zero-order valence-electron chi connectivity index (χ0n) is 9.46. The Kier molecular flexibility index (Phi) is 3.01. The third-order valence-corrected chi connectivity index (χ3v) is 3.74. The summed E-state index contributed by atoms with van der Waals surface area (Å²) >= 11 is 0. The molecule has 86 valence electrons. The number of hydrogen-bond donors (Lipinski definition) is 2. The lowest BCUT2D eigenvalue weighted by atomic mass is 9.93. The second-order valence-corrected chi connectivity index (χ2v) is 5.41. The van der Waals surface area contributed by atoms with Crippen LogP contribution in [0.1, 0.15) is 51.9 Å². The SMILES string of the molecule is CC(CC1CC1)(NC1CCCC1)C(=O)O. The van der Waals surface area contributed by atoms with Crippen molar-refractivity contribution in [1.29, 1.82) is 0 Å². The van der Waals surface area contributed by atoms with Crippen LogP contribution in [-0.2, 0) is 4.79 Å². The highest BCUT2D eigenvalue weighted by atomic mass is 16.4. The van der Waals surface area contributed by atoms with Gasteiger partial charge in [0.1, 0.15) is 5.54 Å². The average molecular weight is 211 g/mol. The lowest BCUT2D eigenvalue weighted by molar-refractivity contribution is -0.145. The van der Waals surface area contributed by atoms with Crippen LogP contribution in [0.4, 0.5) is 0 Å². The number of rotatable bonds is 5. The zero-order chi connectivity index (χ0) is 10.9. The first-order valence-corrected chi connectivity index (χ1v) is 6.11. The van der Waals surface area contributed by atoms with Crippen LogP contribution in [0, 0.1) is 5.92 Å². The van der Waals surface area contributed by atoms with Crippen molar-refractivity contribution < 1.29 is 9.90 Å². The van der Waals surface area contributed by atoms with Crippen LogP contribution in [-0.4, -0.2) is 22.7 Å². The molecule has 3 heteroatoms. The maximum Gasteiger partial charge on any atom is 0.323 e. The molecular formula is C12H21NO2. The van der Waals surface area contributed by atoms with Crippen LogP contribution in [0.15, 0.2) is 0 Å². The Bertz CT molecular complexity index is 244. The van der Waals surface area contributed by atoms with Crippen molar-refractivity contribution in [2.45, 2.75) is 63.5 Å². The van der Waals surface area contributed by atoms with E-state index in [1.54, 1.807) is 0 Å². The summed E-state index contributed by atoms with van der Waals surface area (Å²) in [7, 11) is 0. The lowest BCUT2D eigenvalue weighted by Crippen LogP contribution is -2.53. The van der Waals surface area contributed by atoms with Gasteiger partial charge in [-0.25, -0.2) is 0 Å². The van der Waals surface area contributed by atoms with Gasteiger partial charge in [-0.3, -0.25) is 10.1 Å². The molecule has 3 nitrogen and oxygen atoms in total. The van der Waals surface area contributed by atoms with Gasteiger partial charge < -0.3 is 5.11 Å². The van der Waals surface area contributed by atoms with E-state index in [-0.39, 0.29) is 0 Å². The molecule has 0 amide bonds. The number of carboxylic acids is 1. The van der Waals surface area contributed by atoms with Crippen molar-refractivity contribution in [2.24, 2.45) is 5.92 Å². The molecule has 1 unspecified atom stereocenters. The fraction of sp³-hybridized carbons (Fsp3) is 0.917. The molecule has 2 aliphatic carbocycles. The molecule has 15 heavy (non-hydrogen) atoms. The Morgan fingerprint density at radius 1 is 1.33 bits per heavy atom. The molecule has 0 aromatic heterocycles. The van der Waals surface area contributed by atoms with Crippen molar-refractivity contribution in [2.75, 3.05) is 0 Å². The van der Waals surface area contributed by atoms with Crippen LogP contribution >= 0.6 is 0 Å². The molecule has 2 rings (SSSR count). The molecular weight excluding hydrogens is 190 g/mol. The van der Waals surface area contributed by atoms with Crippen molar-refractivity contribution in [3.63, 3.8) is 0 Å². The first-order valence-electron chi connectivity index (χ1n) is 6.11. The minimum atomic E-state index is -0.684. The van der Waals surface area contributed by atoms with Crippen LogP contribution in [0.25, 0.3) is 0 Å². The molecule has 1 atom stereocenters. The molecule has 0 aliphatic heterocycles. The Labute approximate surface area is 91.2 Å². The smallest absolute Gasteiger partial charge is 0.323 e. The summed E-state index contributed by atoms with van der Waals surface area (Å²) in [5, 5.41) is 12.7. The van der Waals surface area contributed by atoms with Gasteiger partial charge in [0.2, 0.25) is 0 Å². The second kappa shape index (κ2) is 4.12. The van der Waals surface area contributed by atoms with E-state index in [1.807, 2.05) is 6.92 Å². The summed E-state index contributed by atoms with van der Waals surface area (Å²) in [5.41, 5.74) is -0.684. The third-order valence-electron chi connectivity index (χ3n) is 3.74. The van der Waals surface area contributed by atoms with Crippen LogP contribution < -0.4 is 5.32 Å². The predicted octanol–water partition coefficient (Wildman–Crippen LogP) is 2.16. The second-order valence-electron chi connectivity index (χ2n) is 5.41. The van der Waals surface area contributed by atoms with E-state index < -0.39 is 11.5 Å².